The summed E-state index contributed by atoms with van der Waals surface area (Å²) in [5, 5.41) is 2.68. The maximum atomic E-state index is 11.9. The van der Waals surface area contributed by atoms with Gasteiger partial charge in [0.25, 0.3) is 5.91 Å². The maximum absolute atomic E-state index is 11.9. The fraction of sp³-hybridized carbons (Fsp3) is 0.500. The molecular weight excluding hydrogens is 286 g/mol. The van der Waals surface area contributed by atoms with Gasteiger partial charge in [-0.15, -0.1) is 0 Å². The number of benzene rings is 1. The molecule has 0 atom stereocenters. The summed E-state index contributed by atoms with van der Waals surface area (Å²) in [4.78, 5) is 23.7. The van der Waals surface area contributed by atoms with Crippen molar-refractivity contribution < 1.29 is 23.8 Å². The average Bonchev–Trinajstić information content (AvgIpc) is 3.01. The van der Waals surface area contributed by atoms with Crippen LogP contribution < -0.4 is 14.8 Å². The molecule has 2 aliphatic rings. The van der Waals surface area contributed by atoms with Crippen molar-refractivity contribution in [1.82, 2.24) is 0 Å². The van der Waals surface area contributed by atoms with Crippen molar-refractivity contribution in [1.29, 1.82) is 0 Å². The molecule has 1 fully saturated rings. The summed E-state index contributed by atoms with van der Waals surface area (Å²) < 4.78 is 15.5. The SMILES string of the molecule is O=C(COC(=O)C1CCCCC1)Nc1ccc2c(c1)OCO2. The Hall–Kier alpha value is -2.24. The Balaban J connectivity index is 1.47. The summed E-state index contributed by atoms with van der Waals surface area (Å²) in [5.41, 5.74) is 0.586. The quantitative estimate of drug-likeness (QED) is 0.865. The van der Waals surface area contributed by atoms with Crippen molar-refractivity contribution in [3.05, 3.63) is 18.2 Å². The molecule has 0 bridgehead atoms. The Morgan fingerprint density at radius 2 is 1.91 bits per heavy atom. The molecule has 1 aliphatic heterocycles. The first-order valence-electron chi connectivity index (χ1n) is 7.58. The Kier molecular flexibility index (Phi) is 4.46. The fourth-order valence-corrected chi connectivity index (χ4v) is 2.76. The lowest BCUT2D eigenvalue weighted by Gasteiger charge is -2.19. The number of anilines is 1. The van der Waals surface area contributed by atoms with E-state index >= 15 is 0 Å². The van der Waals surface area contributed by atoms with Crippen molar-refractivity contribution in [3.63, 3.8) is 0 Å². The number of hydrogen-bond acceptors (Lipinski definition) is 5. The van der Waals surface area contributed by atoms with E-state index in [4.69, 9.17) is 14.2 Å². The van der Waals surface area contributed by atoms with Crippen LogP contribution in [0.2, 0.25) is 0 Å². The highest BCUT2D eigenvalue weighted by Gasteiger charge is 2.23. The molecule has 1 heterocycles. The summed E-state index contributed by atoms with van der Waals surface area (Å²) in [6, 6.07) is 5.13. The van der Waals surface area contributed by atoms with Crippen LogP contribution in [-0.2, 0) is 14.3 Å². The van der Waals surface area contributed by atoms with Crippen LogP contribution in [0, 0.1) is 5.92 Å². The molecule has 0 unspecified atom stereocenters. The number of amides is 1. The van der Waals surface area contributed by atoms with Gasteiger partial charge in [-0.3, -0.25) is 9.59 Å². The zero-order chi connectivity index (χ0) is 15.4. The second-order valence-electron chi connectivity index (χ2n) is 5.56. The Bertz CT molecular complexity index is 566. The standard InChI is InChI=1S/C16H19NO5/c18-15(9-20-16(19)11-4-2-1-3-5-11)17-12-6-7-13-14(8-12)22-10-21-13/h6-8,11H,1-5,9-10H2,(H,17,18). The molecule has 1 amide bonds. The third-order valence-corrected chi connectivity index (χ3v) is 3.94. The number of fused-ring (bicyclic) bond motifs is 1. The number of esters is 1. The van der Waals surface area contributed by atoms with E-state index < -0.39 is 0 Å². The largest absolute Gasteiger partial charge is 0.455 e. The van der Waals surface area contributed by atoms with Gasteiger partial charge in [0.05, 0.1) is 5.92 Å². The molecule has 1 aliphatic carbocycles. The van der Waals surface area contributed by atoms with Gasteiger partial charge in [-0.2, -0.15) is 0 Å². The van der Waals surface area contributed by atoms with Crippen LogP contribution in [0.4, 0.5) is 5.69 Å². The molecule has 0 saturated heterocycles. The lowest BCUT2D eigenvalue weighted by Crippen LogP contribution is -2.26. The number of carbonyl (C=O) groups is 2. The van der Waals surface area contributed by atoms with E-state index in [9.17, 15) is 9.59 Å². The van der Waals surface area contributed by atoms with E-state index in [2.05, 4.69) is 5.32 Å². The van der Waals surface area contributed by atoms with Gasteiger partial charge < -0.3 is 19.5 Å². The van der Waals surface area contributed by atoms with Crippen molar-refractivity contribution in [2.24, 2.45) is 5.92 Å². The summed E-state index contributed by atoms with van der Waals surface area (Å²) in [5.74, 6) is 0.578. The van der Waals surface area contributed by atoms with Gasteiger partial charge in [-0.05, 0) is 25.0 Å². The zero-order valence-corrected chi connectivity index (χ0v) is 12.3. The van der Waals surface area contributed by atoms with Gasteiger partial charge in [-0.1, -0.05) is 19.3 Å². The minimum Gasteiger partial charge on any atom is -0.455 e. The third-order valence-electron chi connectivity index (χ3n) is 3.94. The number of nitrogens with one attached hydrogen (secondary N) is 1. The molecule has 0 aromatic heterocycles. The highest BCUT2D eigenvalue weighted by atomic mass is 16.7. The van der Waals surface area contributed by atoms with Crippen LogP contribution in [0.25, 0.3) is 0 Å². The van der Waals surface area contributed by atoms with Crippen LogP contribution >= 0.6 is 0 Å². The topological polar surface area (TPSA) is 73.9 Å². The van der Waals surface area contributed by atoms with Gasteiger partial charge in [0, 0.05) is 11.8 Å². The van der Waals surface area contributed by atoms with Crippen LogP contribution in [0.5, 0.6) is 11.5 Å². The van der Waals surface area contributed by atoms with E-state index in [1.54, 1.807) is 18.2 Å². The molecule has 0 radical (unpaired) electrons. The smallest absolute Gasteiger partial charge is 0.309 e. The predicted octanol–water partition coefficient (Wildman–Crippen LogP) is 2.48. The van der Waals surface area contributed by atoms with E-state index in [-0.39, 0.29) is 31.2 Å². The van der Waals surface area contributed by atoms with Gasteiger partial charge in [0.15, 0.2) is 18.1 Å². The van der Waals surface area contributed by atoms with Gasteiger partial charge in [-0.25, -0.2) is 0 Å². The van der Waals surface area contributed by atoms with Crippen molar-refractivity contribution in [2.75, 3.05) is 18.7 Å². The van der Waals surface area contributed by atoms with E-state index in [1.165, 1.54) is 6.42 Å². The minimum atomic E-state index is -0.358. The first kappa shape index (κ1) is 14.7. The van der Waals surface area contributed by atoms with Gasteiger partial charge >= 0.3 is 5.97 Å². The Labute approximate surface area is 128 Å². The molecule has 1 aromatic carbocycles. The minimum absolute atomic E-state index is 0.0490. The molecule has 6 nitrogen and oxygen atoms in total. The second kappa shape index (κ2) is 6.68. The first-order valence-corrected chi connectivity index (χ1v) is 7.58. The summed E-state index contributed by atoms with van der Waals surface area (Å²) in [7, 11) is 0. The van der Waals surface area contributed by atoms with Crippen LogP contribution in [0.1, 0.15) is 32.1 Å². The molecule has 1 N–H and O–H groups in total. The Morgan fingerprint density at radius 3 is 2.73 bits per heavy atom. The first-order chi connectivity index (χ1) is 10.7. The van der Waals surface area contributed by atoms with Crippen LogP contribution in [0.15, 0.2) is 18.2 Å². The summed E-state index contributed by atoms with van der Waals surface area (Å²) in [6.07, 6.45) is 5.02. The molecule has 22 heavy (non-hydrogen) atoms. The molecular formula is C16H19NO5. The number of ether oxygens (including phenoxy) is 3. The zero-order valence-electron chi connectivity index (χ0n) is 12.3. The van der Waals surface area contributed by atoms with Gasteiger partial charge in [0.2, 0.25) is 6.79 Å². The molecule has 118 valence electrons. The highest BCUT2D eigenvalue weighted by molar-refractivity contribution is 5.93. The second-order valence-corrected chi connectivity index (χ2v) is 5.56. The molecule has 1 aromatic rings. The van der Waals surface area contributed by atoms with E-state index in [0.29, 0.717) is 17.2 Å². The molecule has 3 rings (SSSR count). The average molecular weight is 305 g/mol. The molecule has 6 heteroatoms. The number of hydrogen-bond donors (Lipinski definition) is 1. The van der Waals surface area contributed by atoms with Crippen LogP contribution in [-0.4, -0.2) is 25.3 Å². The van der Waals surface area contributed by atoms with Crippen molar-refractivity contribution in [2.45, 2.75) is 32.1 Å². The molecule has 1 saturated carbocycles. The van der Waals surface area contributed by atoms with E-state index in [0.717, 1.165) is 25.7 Å². The normalized spacial score (nSPS) is 17.1. The Morgan fingerprint density at radius 1 is 1.14 bits per heavy atom. The fourth-order valence-electron chi connectivity index (χ4n) is 2.76. The lowest BCUT2D eigenvalue weighted by molar-refractivity contribution is -0.152. The lowest BCUT2D eigenvalue weighted by atomic mass is 9.89. The summed E-state index contributed by atoms with van der Waals surface area (Å²) in [6.45, 7) is -0.0739. The predicted molar refractivity (Wildman–Crippen MR) is 78.7 cm³/mol. The van der Waals surface area contributed by atoms with E-state index in [1.807, 2.05) is 0 Å². The third kappa shape index (κ3) is 3.50. The van der Waals surface area contributed by atoms with Crippen LogP contribution in [0.3, 0.4) is 0 Å². The monoisotopic (exact) mass is 305 g/mol. The van der Waals surface area contributed by atoms with Crippen molar-refractivity contribution in [3.8, 4) is 11.5 Å². The van der Waals surface area contributed by atoms with Gasteiger partial charge in [0.1, 0.15) is 0 Å². The number of rotatable bonds is 4. The highest BCUT2D eigenvalue weighted by Crippen LogP contribution is 2.34. The van der Waals surface area contributed by atoms with Crippen molar-refractivity contribution >= 4 is 17.6 Å². The number of carbonyl (C=O) groups excluding carboxylic acids is 2. The summed E-state index contributed by atoms with van der Waals surface area (Å²) >= 11 is 0. The molecule has 0 spiro atoms. The maximum Gasteiger partial charge on any atom is 0.309 e.